The van der Waals surface area contributed by atoms with E-state index < -0.39 is 0 Å². The Morgan fingerprint density at radius 1 is 1.23 bits per heavy atom. The van der Waals surface area contributed by atoms with E-state index in [9.17, 15) is 9.59 Å². The summed E-state index contributed by atoms with van der Waals surface area (Å²) < 4.78 is 3.34. The summed E-state index contributed by atoms with van der Waals surface area (Å²) in [4.78, 5) is 24.2. The van der Waals surface area contributed by atoms with Crippen LogP contribution in [0.2, 0.25) is 0 Å². The molecule has 2 amide bonds. The summed E-state index contributed by atoms with van der Waals surface area (Å²) in [5, 5.41) is 13.6. The van der Waals surface area contributed by atoms with E-state index in [2.05, 4.69) is 20.8 Å². The van der Waals surface area contributed by atoms with Gasteiger partial charge in [-0.3, -0.25) is 19.0 Å². The number of amides is 2. The van der Waals surface area contributed by atoms with Gasteiger partial charge in [-0.15, -0.1) is 0 Å². The number of hydrogen-bond donors (Lipinski definition) is 2. The zero-order chi connectivity index (χ0) is 16.3. The predicted molar refractivity (Wildman–Crippen MR) is 81.9 cm³/mol. The highest BCUT2D eigenvalue weighted by Gasteiger charge is 2.20. The van der Waals surface area contributed by atoms with Gasteiger partial charge < -0.3 is 10.6 Å². The number of rotatable bonds is 5. The van der Waals surface area contributed by atoms with Crippen LogP contribution in [0, 0.1) is 6.92 Å². The van der Waals surface area contributed by atoms with Gasteiger partial charge in [0.1, 0.15) is 0 Å². The number of nitrogens with zero attached hydrogens (tertiary/aromatic N) is 4. The monoisotopic (exact) mass is 304 g/mol. The molecule has 0 fully saturated rings. The Morgan fingerprint density at radius 2 is 1.95 bits per heavy atom. The lowest BCUT2D eigenvalue weighted by molar-refractivity contribution is 0.0958. The molecule has 0 atom stereocenters. The van der Waals surface area contributed by atoms with Crippen LogP contribution in [0.3, 0.4) is 0 Å². The Hall–Kier alpha value is -2.64. The highest BCUT2D eigenvalue weighted by atomic mass is 16.2. The maximum absolute atomic E-state index is 12.4. The number of carbonyl (C=O) groups excluding carboxylic acids is 2. The molecule has 118 valence electrons. The molecule has 0 bridgehead atoms. The minimum atomic E-state index is -0.344. The largest absolute Gasteiger partial charge is 0.354 e. The molecule has 0 aromatic carbocycles. The number of anilines is 1. The lowest BCUT2D eigenvalue weighted by Gasteiger charge is -2.05. The summed E-state index contributed by atoms with van der Waals surface area (Å²) in [6.07, 6.45) is 3.17. The van der Waals surface area contributed by atoms with E-state index in [0.29, 0.717) is 24.3 Å². The molecule has 0 aliphatic rings. The molecule has 0 saturated carbocycles. The Morgan fingerprint density at radius 3 is 2.50 bits per heavy atom. The zero-order valence-electron chi connectivity index (χ0n) is 13.2. The summed E-state index contributed by atoms with van der Waals surface area (Å²) >= 11 is 0. The molecule has 8 nitrogen and oxygen atoms in total. The van der Waals surface area contributed by atoms with Crippen LogP contribution in [0.25, 0.3) is 0 Å². The minimum absolute atomic E-state index is 0.193. The molecule has 0 aliphatic heterocycles. The first kappa shape index (κ1) is 15.7. The van der Waals surface area contributed by atoms with Gasteiger partial charge in [-0.2, -0.15) is 10.2 Å². The molecular weight excluding hydrogens is 284 g/mol. The molecule has 0 unspecified atom stereocenters. The van der Waals surface area contributed by atoms with E-state index in [1.807, 2.05) is 20.8 Å². The van der Waals surface area contributed by atoms with Gasteiger partial charge in [0, 0.05) is 32.0 Å². The molecule has 0 radical (unpaired) electrons. The van der Waals surface area contributed by atoms with Crippen LogP contribution < -0.4 is 10.6 Å². The third kappa shape index (κ3) is 2.85. The van der Waals surface area contributed by atoms with Crippen molar-refractivity contribution in [2.24, 2.45) is 0 Å². The Kier molecular flexibility index (Phi) is 4.59. The maximum Gasteiger partial charge on any atom is 0.273 e. The van der Waals surface area contributed by atoms with Crippen molar-refractivity contribution in [1.29, 1.82) is 0 Å². The van der Waals surface area contributed by atoms with E-state index >= 15 is 0 Å². The van der Waals surface area contributed by atoms with Gasteiger partial charge in [0.15, 0.2) is 5.69 Å². The maximum atomic E-state index is 12.4. The SMILES string of the molecule is CCn1cc(NC(=O)c2cnn(CC)c2C)c(C(=O)NC)n1. The van der Waals surface area contributed by atoms with Gasteiger partial charge in [-0.25, -0.2) is 0 Å². The van der Waals surface area contributed by atoms with Crippen LogP contribution in [0.15, 0.2) is 12.4 Å². The molecule has 2 N–H and O–H groups in total. The summed E-state index contributed by atoms with van der Waals surface area (Å²) in [5.41, 5.74) is 1.84. The van der Waals surface area contributed by atoms with Crippen molar-refractivity contribution < 1.29 is 9.59 Å². The van der Waals surface area contributed by atoms with E-state index in [1.54, 1.807) is 15.6 Å². The average Bonchev–Trinajstić information content (AvgIpc) is 3.09. The molecule has 22 heavy (non-hydrogen) atoms. The standard InChI is InChI=1S/C14H20N6O2/c1-5-19-8-11(12(18-19)14(22)15-4)17-13(21)10-7-16-20(6-2)9(10)3/h7-8H,5-6H2,1-4H3,(H,15,22)(H,17,21). The number of carbonyl (C=O) groups is 2. The molecule has 2 rings (SSSR count). The van der Waals surface area contributed by atoms with Gasteiger partial charge in [0.25, 0.3) is 11.8 Å². The molecule has 0 saturated heterocycles. The zero-order valence-corrected chi connectivity index (χ0v) is 13.2. The molecule has 0 aliphatic carbocycles. The van der Waals surface area contributed by atoms with Crippen molar-refractivity contribution in [1.82, 2.24) is 24.9 Å². The first-order valence-corrected chi connectivity index (χ1v) is 7.15. The molecule has 8 heteroatoms. The fraction of sp³-hybridized carbons (Fsp3) is 0.429. The smallest absolute Gasteiger partial charge is 0.273 e. The van der Waals surface area contributed by atoms with Crippen LogP contribution in [-0.2, 0) is 13.1 Å². The molecule has 2 aromatic heterocycles. The quantitative estimate of drug-likeness (QED) is 0.863. The summed E-state index contributed by atoms with van der Waals surface area (Å²) in [6.45, 7) is 6.99. The van der Waals surface area contributed by atoms with Crippen LogP contribution >= 0.6 is 0 Å². The van der Waals surface area contributed by atoms with Crippen molar-refractivity contribution in [3.05, 3.63) is 29.3 Å². The normalized spacial score (nSPS) is 10.5. The summed E-state index contributed by atoms with van der Waals surface area (Å²) in [7, 11) is 1.52. The second-order valence-electron chi connectivity index (χ2n) is 4.74. The van der Waals surface area contributed by atoms with Gasteiger partial charge >= 0.3 is 0 Å². The molecular formula is C14H20N6O2. The van der Waals surface area contributed by atoms with Crippen molar-refractivity contribution in [2.75, 3.05) is 12.4 Å². The van der Waals surface area contributed by atoms with Crippen molar-refractivity contribution in [3.63, 3.8) is 0 Å². The number of aromatic nitrogens is 4. The molecule has 2 aromatic rings. The van der Waals surface area contributed by atoms with Crippen LogP contribution in [0.5, 0.6) is 0 Å². The van der Waals surface area contributed by atoms with Crippen LogP contribution in [-0.4, -0.2) is 38.4 Å². The second-order valence-corrected chi connectivity index (χ2v) is 4.74. The van der Waals surface area contributed by atoms with Gasteiger partial charge in [-0.05, 0) is 20.8 Å². The van der Waals surface area contributed by atoms with Crippen molar-refractivity contribution in [2.45, 2.75) is 33.9 Å². The lowest BCUT2D eigenvalue weighted by Crippen LogP contribution is -2.21. The average molecular weight is 304 g/mol. The number of nitrogens with one attached hydrogen (secondary N) is 2. The highest BCUT2D eigenvalue weighted by molar-refractivity contribution is 6.08. The van der Waals surface area contributed by atoms with E-state index in [0.717, 1.165) is 5.69 Å². The second kappa shape index (κ2) is 6.42. The molecule has 2 heterocycles. The van der Waals surface area contributed by atoms with Gasteiger partial charge in [-0.1, -0.05) is 0 Å². The highest BCUT2D eigenvalue weighted by Crippen LogP contribution is 2.16. The number of aryl methyl sites for hydroxylation is 2. The van der Waals surface area contributed by atoms with Gasteiger partial charge in [0.05, 0.1) is 17.4 Å². The van der Waals surface area contributed by atoms with Crippen molar-refractivity contribution >= 4 is 17.5 Å². The topological polar surface area (TPSA) is 93.8 Å². The van der Waals surface area contributed by atoms with Gasteiger partial charge in [0.2, 0.25) is 0 Å². The fourth-order valence-electron chi connectivity index (χ4n) is 2.14. The third-order valence-electron chi connectivity index (χ3n) is 3.42. The Bertz CT molecular complexity index is 700. The van der Waals surface area contributed by atoms with Crippen LogP contribution in [0.4, 0.5) is 5.69 Å². The molecule has 0 spiro atoms. The van der Waals surface area contributed by atoms with Crippen LogP contribution in [0.1, 0.15) is 40.4 Å². The Labute approximate surface area is 128 Å². The summed E-state index contributed by atoms with van der Waals surface area (Å²) in [6, 6.07) is 0. The summed E-state index contributed by atoms with van der Waals surface area (Å²) in [5.74, 6) is -0.651. The van der Waals surface area contributed by atoms with Crippen molar-refractivity contribution in [3.8, 4) is 0 Å². The van der Waals surface area contributed by atoms with E-state index in [-0.39, 0.29) is 17.5 Å². The lowest BCUT2D eigenvalue weighted by atomic mass is 10.2. The Balaban J connectivity index is 2.29. The van der Waals surface area contributed by atoms with E-state index in [4.69, 9.17) is 0 Å². The fourth-order valence-corrected chi connectivity index (χ4v) is 2.14. The first-order chi connectivity index (χ1) is 10.5. The third-order valence-corrected chi connectivity index (χ3v) is 3.42. The number of hydrogen-bond acceptors (Lipinski definition) is 4. The predicted octanol–water partition coefficient (Wildman–Crippen LogP) is 1.04. The first-order valence-electron chi connectivity index (χ1n) is 7.15. The minimum Gasteiger partial charge on any atom is -0.354 e. The van der Waals surface area contributed by atoms with E-state index in [1.165, 1.54) is 13.2 Å².